The molecular weight excluding hydrogens is 328 g/mol. The zero-order chi connectivity index (χ0) is 15.2. The maximum absolute atomic E-state index is 13.1. The first-order valence-electron chi connectivity index (χ1n) is 7.34. The lowest BCUT2D eigenvalue weighted by molar-refractivity contribution is 0.117. The maximum Gasteiger partial charge on any atom is 0.244 e. The molecule has 0 N–H and O–H groups in total. The molecular formula is C14H21ClN2O2S2. The second-order valence-corrected chi connectivity index (χ2v) is 9.08. The number of nitrogens with zero attached hydrogens (tertiary/aromatic N) is 2. The summed E-state index contributed by atoms with van der Waals surface area (Å²) in [5.74, 6) is 0.255. The van der Waals surface area contributed by atoms with Crippen molar-refractivity contribution < 1.29 is 8.42 Å². The van der Waals surface area contributed by atoms with Crippen LogP contribution in [0.2, 0.25) is 0 Å². The van der Waals surface area contributed by atoms with E-state index in [1.54, 1.807) is 4.31 Å². The Labute approximate surface area is 135 Å². The summed E-state index contributed by atoms with van der Waals surface area (Å²) >= 11 is 7.37. The molecule has 7 heteroatoms. The largest absolute Gasteiger partial charge is 0.297 e. The number of thiophene rings is 1. The minimum Gasteiger partial charge on any atom is -0.297 e. The average Bonchev–Trinajstić information content (AvgIpc) is 3.03. The average molecular weight is 349 g/mol. The minimum atomic E-state index is -3.45. The Balaban J connectivity index is 1.96. The maximum atomic E-state index is 13.1. The molecule has 118 valence electrons. The highest BCUT2D eigenvalue weighted by molar-refractivity contribution is 7.89. The molecule has 0 aliphatic carbocycles. The zero-order valence-electron chi connectivity index (χ0n) is 12.4. The zero-order valence-corrected chi connectivity index (χ0v) is 14.8. The molecule has 0 spiro atoms. The van der Waals surface area contributed by atoms with Crippen LogP contribution in [0.3, 0.4) is 0 Å². The van der Waals surface area contributed by atoms with E-state index in [0.29, 0.717) is 17.5 Å². The van der Waals surface area contributed by atoms with Gasteiger partial charge in [-0.25, -0.2) is 8.42 Å². The van der Waals surface area contributed by atoms with Gasteiger partial charge in [0.1, 0.15) is 4.90 Å². The highest BCUT2D eigenvalue weighted by Crippen LogP contribution is 2.34. The highest BCUT2D eigenvalue weighted by Gasteiger charge is 2.41. The first-order chi connectivity index (χ1) is 9.95. The van der Waals surface area contributed by atoms with Crippen LogP contribution >= 0.6 is 22.9 Å². The van der Waals surface area contributed by atoms with Crippen molar-refractivity contribution >= 4 is 33.0 Å². The van der Waals surface area contributed by atoms with E-state index in [-0.39, 0.29) is 11.9 Å². The lowest BCUT2D eigenvalue weighted by Gasteiger charge is -2.41. The van der Waals surface area contributed by atoms with Crippen molar-refractivity contribution in [2.75, 3.05) is 19.6 Å². The molecule has 4 nitrogen and oxygen atoms in total. The Morgan fingerprint density at radius 3 is 2.90 bits per heavy atom. The number of halogens is 1. The van der Waals surface area contributed by atoms with Crippen LogP contribution in [0.15, 0.2) is 10.3 Å². The predicted octanol–water partition coefficient (Wildman–Crippen LogP) is 2.65. The lowest BCUT2D eigenvalue weighted by atomic mass is 10.1. The van der Waals surface area contributed by atoms with Crippen LogP contribution in [0.4, 0.5) is 0 Å². The highest BCUT2D eigenvalue weighted by atomic mass is 35.5. The van der Waals surface area contributed by atoms with Crippen LogP contribution in [-0.4, -0.2) is 49.3 Å². The number of aryl methyl sites for hydroxylation is 1. The van der Waals surface area contributed by atoms with Gasteiger partial charge in [0.05, 0.1) is 5.88 Å². The molecule has 3 heterocycles. The quantitative estimate of drug-likeness (QED) is 0.788. The Bertz CT molecular complexity index is 629. The van der Waals surface area contributed by atoms with Gasteiger partial charge in [0.25, 0.3) is 0 Å². The van der Waals surface area contributed by atoms with Crippen molar-refractivity contribution in [3.05, 3.63) is 15.8 Å². The van der Waals surface area contributed by atoms with Crippen LogP contribution in [-0.2, 0) is 15.9 Å². The monoisotopic (exact) mass is 348 g/mol. The number of alkyl halides is 1. The van der Waals surface area contributed by atoms with Gasteiger partial charge >= 0.3 is 0 Å². The molecule has 0 aromatic carbocycles. The molecule has 21 heavy (non-hydrogen) atoms. The normalized spacial score (nSPS) is 28.0. The number of hydrogen-bond donors (Lipinski definition) is 0. The van der Waals surface area contributed by atoms with Crippen molar-refractivity contribution in [3.8, 4) is 0 Å². The topological polar surface area (TPSA) is 40.6 Å². The first kappa shape index (κ1) is 15.7. The number of piperazine rings is 1. The molecule has 3 rings (SSSR count). The van der Waals surface area contributed by atoms with Crippen LogP contribution in [0.5, 0.6) is 0 Å². The smallest absolute Gasteiger partial charge is 0.244 e. The number of sulfonamides is 1. The van der Waals surface area contributed by atoms with Gasteiger partial charge in [-0.3, -0.25) is 4.90 Å². The molecule has 0 radical (unpaired) electrons. The third-order valence-electron chi connectivity index (χ3n) is 4.56. The summed E-state index contributed by atoms with van der Waals surface area (Å²) in [6.07, 6.45) is 2.28. The van der Waals surface area contributed by atoms with Crippen LogP contribution in [0.1, 0.15) is 30.2 Å². The van der Waals surface area contributed by atoms with Crippen LogP contribution in [0.25, 0.3) is 0 Å². The summed E-state index contributed by atoms with van der Waals surface area (Å²) < 4.78 is 27.9. The number of hydrogen-bond acceptors (Lipinski definition) is 4. The Morgan fingerprint density at radius 1 is 1.43 bits per heavy atom. The second kappa shape index (κ2) is 5.81. The van der Waals surface area contributed by atoms with Gasteiger partial charge in [0.2, 0.25) is 10.0 Å². The van der Waals surface area contributed by atoms with Crippen molar-refractivity contribution in [2.24, 2.45) is 0 Å². The summed E-state index contributed by atoms with van der Waals surface area (Å²) in [5.41, 5.74) is 0.816. The summed E-state index contributed by atoms with van der Waals surface area (Å²) in [4.78, 5) is 3.63. The van der Waals surface area contributed by atoms with Crippen molar-refractivity contribution in [2.45, 2.75) is 49.5 Å². The van der Waals surface area contributed by atoms with Crippen LogP contribution < -0.4 is 0 Å². The van der Waals surface area contributed by atoms with Gasteiger partial charge < -0.3 is 0 Å². The van der Waals surface area contributed by atoms with Gasteiger partial charge in [-0.1, -0.05) is 0 Å². The number of rotatable bonds is 3. The van der Waals surface area contributed by atoms with Gasteiger partial charge in [0, 0.05) is 30.1 Å². The Hall–Kier alpha value is -0.140. The van der Waals surface area contributed by atoms with Crippen molar-refractivity contribution in [1.29, 1.82) is 0 Å². The molecule has 2 aliphatic heterocycles. The minimum absolute atomic E-state index is 0.0202. The second-order valence-electron chi connectivity index (χ2n) is 6.02. The molecule has 2 aliphatic rings. The fraction of sp³-hybridized carbons (Fsp3) is 0.714. The third-order valence-corrected chi connectivity index (χ3v) is 8.43. The predicted molar refractivity (Wildman–Crippen MR) is 86.6 cm³/mol. The van der Waals surface area contributed by atoms with Gasteiger partial charge in [-0.2, -0.15) is 4.31 Å². The fourth-order valence-corrected chi connectivity index (χ4v) is 7.21. The van der Waals surface area contributed by atoms with Crippen molar-refractivity contribution in [3.63, 3.8) is 0 Å². The summed E-state index contributed by atoms with van der Waals surface area (Å²) in [7, 11) is -3.45. The fourth-order valence-electron chi connectivity index (χ4n) is 3.54. The molecule has 2 atom stereocenters. The Kier molecular flexibility index (Phi) is 4.36. The molecule has 0 bridgehead atoms. The first-order valence-corrected chi connectivity index (χ1v) is 10.2. The van der Waals surface area contributed by atoms with Crippen molar-refractivity contribution in [1.82, 2.24) is 9.21 Å². The molecule has 1 aromatic heterocycles. The molecule has 2 saturated heterocycles. The summed E-state index contributed by atoms with van der Waals surface area (Å²) in [6, 6.07) is 0.404. The van der Waals surface area contributed by atoms with E-state index in [4.69, 9.17) is 11.6 Å². The number of fused-ring (bicyclic) bond motifs is 1. The van der Waals surface area contributed by atoms with E-state index in [9.17, 15) is 8.42 Å². The van der Waals surface area contributed by atoms with E-state index in [2.05, 4.69) is 4.90 Å². The lowest BCUT2D eigenvalue weighted by Crippen LogP contribution is -2.56. The van der Waals surface area contributed by atoms with E-state index in [1.165, 1.54) is 17.8 Å². The molecule has 0 amide bonds. The molecule has 2 fully saturated rings. The van der Waals surface area contributed by atoms with E-state index in [1.807, 2.05) is 19.2 Å². The SMILES string of the molecule is Cc1csc(CCl)c1S(=O)(=O)N1CC2CCCN2CC1C. The summed E-state index contributed by atoms with van der Waals surface area (Å²) in [6.45, 7) is 6.42. The third kappa shape index (κ3) is 2.65. The molecule has 1 aromatic rings. The van der Waals surface area contributed by atoms with Gasteiger partial charge in [-0.15, -0.1) is 22.9 Å². The van der Waals surface area contributed by atoms with E-state index >= 15 is 0 Å². The standard InChI is InChI=1S/C14H21ClN2O2S2/c1-10-9-20-13(6-15)14(10)21(18,19)17-8-12-4-3-5-16(12)7-11(17)2/h9,11-12H,3-8H2,1-2H3. The van der Waals surface area contributed by atoms with E-state index in [0.717, 1.165) is 30.0 Å². The van der Waals surface area contributed by atoms with Gasteiger partial charge in [-0.05, 0) is 44.2 Å². The molecule has 2 unspecified atom stereocenters. The van der Waals surface area contributed by atoms with E-state index < -0.39 is 10.0 Å². The Morgan fingerprint density at radius 2 is 2.19 bits per heavy atom. The van der Waals surface area contributed by atoms with Crippen LogP contribution in [0, 0.1) is 6.92 Å². The summed E-state index contributed by atoms with van der Waals surface area (Å²) in [5, 5.41) is 1.89. The molecule has 0 saturated carbocycles. The van der Waals surface area contributed by atoms with Gasteiger partial charge in [0.15, 0.2) is 0 Å².